The molecule has 0 bridgehead atoms. The molecule has 0 fully saturated rings. The Bertz CT molecular complexity index is 623. The maximum atomic E-state index is 13.0. The molecule has 19 heavy (non-hydrogen) atoms. The Morgan fingerprint density at radius 1 is 1.16 bits per heavy atom. The molecule has 2 aromatic carbocycles. The van der Waals surface area contributed by atoms with E-state index in [2.05, 4.69) is 5.32 Å². The molecule has 0 aliphatic rings. The number of carbonyl (C=O) groups is 1. The Morgan fingerprint density at radius 3 is 2.37 bits per heavy atom. The third-order valence-corrected chi connectivity index (χ3v) is 3.05. The van der Waals surface area contributed by atoms with Crippen LogP contribution in [0.15, 0.2) is 36.4 Å². The fourth-order valence-electron chi connectivity index (χ4n) is 1.48. The lowest BCUT2D eigenvalue weighted by atomic mass is 10.2. The molecule has 0 aliphatic heterocycles. The van der Waals surface area contributed by atoms with Crippen molar-refractivity contribution in [2.24, 2.45) is 0 Å². The minimum atomic E-state index is -0.450. The van der Waals surface area contributed by atoms with E-state index in [1.165, 1.54) is 30.3 Å². The van der Waals surface area contributed by atoms with E-state index >= 15 is 0 Å². The van der Waals surface area contributed by atoms with Crippen molar-refractivity contribution in [1.29, 1.82) is 0 Å². The van der Waals surface area contributed by atoms with Crippen LogP contribution in [0.3, 0.4) is 0 Å². The first kappa shape index (κ1) is 13.6. The lowest BCUT2D eigenvalue weighted by molar-refractivity contribution is 0.102. The minimum absolute atomic E-state index is 0.192. The van der Waals surface area contributed by atoms with Crippen molar-refractivity contribution in [3.63, 3.8) is 0 Å². The Balaban J connectivity index is 2.25. The molecule has 0 aliphatic carbocycles. The standard InChI is InChI=1S/C13H9Cl2FN2O/c14-10-4-7(5-11(15)12(10)17)13(19)18-9-3-1-2-8(16)6-9/h1-6H,17H2,(H,18,19). The molecule has 0 aromatic heterocycles. The van der Waals surface area contributed by atoms with Gasteiger partial charge in [0.25, 0.3) is 5.91 Å². The number of rotatable bonds is 2. The van der Waals surface area contributed by atoms with Gasteiger partial charge in [0.15, 0.2) is 0 Å². The van der Waals surface area contributed by atoms with E-state index in [0.29, 0.717) is 5.69 Å². The summed E-state index contributed by atoms with van der Waals surface area (Å²) in [6.45, 7) is 0. The predicted octanol–water partition coefficient (Wildman–Crippen LogP) is 3.97. The molecule has 3 N–H and O–H groups in total. The van der Waals surface area contributed by atoms with Gasteiger partial charge in [0.1, 0.15) is 5.82 Å². The first-order valence-electron chi connectivity index (χ1n) is 5.29. The number of hydrogen-bond acceptors (Lipinski definition) is 2. The molecule has 1 amide bonds. The number of amides is 1. The third-order valence-electron chi connectivity index (χ3n) is 2.42. The molecule has 0 heterocycles. The van der Waals surface area contributed by atoms with E-state index in [4.69, 9.17) is 28.9 Å². The fourth-order valence-corrected chi connectivity index (χ4v) is 1.97. The van der Waals surface area contributed by atoms with E-state index < -0.39 is 11.7 Å². The zero-order chi connectivity index (χ0) is 14.0. The minimum Gasteiger partial charge on any atom is -0.396 e. The third kappa shape index (κ3) is 3.16. The van der Waals surface area contributed by atoms with Gasteiger partial charge in [-0.1, -0.05) is 29.3 Å². The van der Waals surface area contributed by atoms with Crippen LogP contribution in [0.1, 0.15) is 10.4 Å². The smallest absolute Gasteiger partial charge is 0.255 e. The van der Waals surface area contributed by atoms with E-state index in [0.717, 1.165) is 0 Å². The molecule has 0 spiro atoms. The number of benzene rings is 2. The van der Waals surface area contributed by atoms with Crippen molar-refractivity contribution in [3.05, 3.63) is 57.8 Å². The highest BCUT2D eigenvalue weighted by Gasteiger charge is 2.11. The summed E-state index contributed by atoms with van der Waals surface area (Å²) in [4.78, 5) is 11.9. The van der Waals surface area contributed by atoms with Crippen LogP contribution < -0.4 is 11.1 Å². The van der Waals surface area contributed by atoms with Gasteiger partial charge >= 0.3 is 0 Å². The van der Waals surface area contributed by atoms with Crippen LogP contribution in [-0.2, 0) is 0 Å². The number of nitrogens with two attached hydrogens (primary N) is 1. The molecular formula is C13H9Cl2FN2O. The Morgan fingerprint density at radius 2 is 1.79 bits per heavy atom. The Labute approximate surface area is 119 Å². The second kappa shape index (κ2) is 5.47. The topological polar surface area (TPSA) is 55.1 Å². The lowest BCUT2D eigenvalue weighted by Gasteiger charge is -2.08. The van der Waals surface area contributed by atoms with E-state index in [1.54, 1.807) is 6.07 Å². The summed E-state index contributed by atoms with van der Waals surface area (Å²) in [5, 5.41) is 2.92. The van der Waals surface area contributed by atoms with Crippen LogP contribution in [0.25, 0.3) is 0 Å². The largest absolute Gasteiger partial charge is 0.396 e. The molecule has 0 saturated heterocycles. The van der Waals surface area contributed by atoms with Gasteiger partial charge < -0.3 is 11.1 Å². The Kier molecular flexibility index (Phi) is 3.93. The van der Waals surface area contributed by atoms with E-state index in [9.17, 15) is 9.18 Å². The summed E-state index contributed by atoms with van der Waals surface area (Å²) in [6.07, 6.45) is 0. The van der Waals surface area contributed by atoms with E-state index in [1.807, 2.05) is 0 Å². The number of nitrogens with one attached hydrogen (secondary N) is 1. The highest BCUT2D eigenvalue weighted by Crippen LogP contribution is 2.29. The molecular weight excluding hydrogens is 290 g/mol. The molecule has 0 unspecified atom stereocenters. The Hall–Kier alpha value is -1.78. The molecule has 6 heteroatoms. The second-order valence-electron chi connectivity index (χ2n) is 3.82. The number of nitrogen functional groups attached to an aromatic ring is 1. The molecule has 98 valence electrons. The maximum Gasteiger partial charge on any atom is 0.255 e. The number of hydrogen-bond donors (Lipinski definition) is 2. The highest BCUT2D eigenvalue weighted by atomic mass is 35.5. The molecule has 2 rings (SSSR count). The zero-order valence-electron chi connectivity index (χ0n) is 9.58. The van der Waals surface area contributed by atoms with Crippen LogP contribution in [0.2, 0.25) is 10.0 Å². The van der Waals surface area contributed by atoms with Crippen LogP contribution in [0, 0.1) is 5.82 Å². The molecule has 0 atom stereocenters. The number of halogens is 3. The molecule has 0 saturated carbocycles. The van der Waals surface area contributed by atoms with Gasteiger partial charge in [0.2, 0.25) is 0 Å². The predicted molar refractivity (Wildman–Crippen MR) is 75.2 cm³/mol. The van der Waals surface area contributed by atoms with Crippen LogP contribution in [0.4, 0.5) is 15.8 Å². The normalized spacial score (nSPS) is 10.3. The van der Waals surface area contributed by atoms with Crippen molar-refractivity contribution in [1.82, 2.24) is 0 Å². The average molecular weight is 299 g/mol. The van der Waals surface area contributed by atoms with E-state index in [-0.39, 0.29) is 21.3 Å². The molecule has 2 aromatic rings. The summed E-state index contributed by atoms with van der Waals surface area (Å²) in [5.41, 5.74) is 6.38. The zero-order valence-corrected chi connectivity index (χ0v) is 11.1. The molecule has 0 radical (unpaired) electrons. The monoisotopic (exact) mass is 298 g/mol. The summed E-state index contributed by atoms with van der Waals surface area (Å²) in [5.74, 6) is -0.888. The quantitative estimate of drug-likeness (QED) is 0.824. The van der Waals surface area contributed by atoms with Crippen molar-refractivity contribution in [2.45, 2.75) is 0 Å². The van der Waals surface area contributed by atoms with Gasteiger partial charge in [-0.15, -0.1) is 0 Å². The first-order valence-corrected chi connectivity index (χ1v) is 6.04. The maximum absolute atomic E-state index is 13.0. The summed E-state index contributed by atoms with van der Waals surface area (Å²) >= 11 is 11.7. The highest BCUT2D eigenvalue weighted by molar-refractivity contribution is 6.39. The van der Waals surface area contributed by atoms with Gasteiger partial charge in [-0.25, -0.2) is 4.39 Å². The van der Waals surface area contributed by atoms with Gasteiger partial charge in [-0.05, 0) is 30.3 Å². The van der Waals surface area contributed by atoms with Gasteiger partial charge in [0, 0.05) is 11.3 Å². The van der Waals surface area contributed by atoms with Gasteiger partial charge in [-0.2, -0.15) is 0 Å². The van der Waals surface area contributed by atoms with Gasteiger partial charge in [0.05, 0.1) is 15.7 Å². The van der Waals surface area contributed by atoms with Crippen molar-refractivity contribution >= 4 is 40.5 Å². The fraction of sp³-hybridized carbons (Fsp3) is 0. The number of anilines is 2. The van der Waals surface area contributed by atoms with Crippen LogP contribution in [-0.4, -0.2) is 5.91 Å². The summed E-state index contributed by atoms with van der Waals surface area (Å²) < 4.78 is 13.0. The summed E-state index contributed by atoms with van der Waals surface area (Å²) in [6, 6.07) is 8.36. The van der Waals surface area contributed by atoms with Crippen molar-refractivity contribution in [2.75, 3.05) is 11.1 Å². The SMILES string of the molecule is Nc1c(Cl)cc(C(=O)Nc2cccc(F)c2)cc1Cl. The van der Waals surface area contributed by atoms with Crippen LogP contribution in [0.5, 0.6) is 0 Å². The second-order valence-corrected chi connectivity index (χ2v) is 4.63. The van der Waals surface area contributed by atoms with Gasteiger partial charge in [-0.3, -0.25) is 4.79 Å². The number of carbonyl (C=O) groups excluding carboxylic acids is 1. The first-order chi connectivity index (χ1) is 8.97. The lowest BCUT2D eigenvalue weighted by Crippen LogP contribution is -2.12. The summed E-state index contributed by atoms with van der Waals surface area (Å²) in [7, 11) is 0. The van der Waals surface area contributed by atoms with Crippen molar-refractivity contribution < 1.29 is 9.18 Å². The van der Waals surface area contributed by atoms with Crippen molar-refractivity contribution in [3.8, 4) is 0 Å². The van der Waals surface area contributed by atoms with Crippen LogP contribution >= 0.6 is 23.2 Å². The average Bonchev–Trinajstić information content (AvgIpc) is 2.35. The molecule has 3 nitrogen and oxygen atoms in total.